The molecule has 4 heteroatoms. The molecule has 1 aliphatic rings. The first kappa shape index (κ1) is 13.0. The Bertz CT molecular complexity index is 381. The fourth-order valence-corrected chi connectivity index (χ4v) is 2.54. The number of aliphatic hydroxyl groups is 1. The van der Waals surface area contributed by atoms with Crippen LogP contribution in [0.1, 0.15) is 31.4 Å². The lowest BCUT2D eigenvalue weighted by Gasteiger charge is -2.24. The normalized spacial score (nSPS) is 19.2. The van der Waals surface area contributed by atoms with Crippen LogP contribution in [0, 0.1) is 0 Å². The minimum atomic E-state index is 0.161. The van der Waals surface area contributed by atoms with Crippen molar-refractivity contribution in [1.82, 2.24) is 9.88 Å². The summed E-state index contributed by atoms with van der Waals surface area (Å²) in [5.41, 5.74) is 0.962. The molecule has 4 nitrogen and oxygen atoms in total. The smallest absolute Gasteiger partial charge is 0.223 e. The number of rotatable bonds is 5. The van der Waals surface area contributed by atoms with E-state index < -0.39 is 0 Å². The van der Waals surface area contributed by atoms with E-state index in [2.05, 4.69) is 4.98 Å². The summed E-state index contributed by atoms with van der Waals surface area (Å²) < 4.78 is 0. The lowest BCUT2D eigenvalue weighted by Crippen LogP contribution is -2.36. The molecule has 1 atom stereocenters. The minimum absolute atomic E-state index is 0.161. The minimum Gasteiger partial charge on any atom is -0.396 e. The van der Waals surface area contributed by atoms with Crippen molar-refractivity contribution in [2.75, 3.05) is 13.2 Å². The average Bonchev–Trinajstić information content (AvgIpc) is 2.86. The van der Waals surface area contributed by atoms with E-state index in [1.165, 1.54) is 0 Å². The Hall–Kier alpha value is -1.42. The highest BCUT2D eigenvalue weighted by molar-refractivity contribution is 5.77. The van der Waals surface area contributed by atoms with Crippen LogP contribution in [-0.2, 0) is 11.2 Å². The Morgan fingerprint density at radius 1 is 1.50 bits per heavy atom. The maximum Gasteiger partial charge on any atom is 0.223 e. The molecule has 1 saturated heterocycles. The first-order valence-electron chi connectivity index (χ1n) is 6.61. The summed E-state index contributed by atoms with van der Waals surface area (Å²) in [6.07, 6.45) is 5.75. The third kappa shape index (κ3) is 3.29. The number of likely N-dealkylation sites (tertiary alicyclic amines) is 1. The molecule has 1 fully saturated rings. The van der Waals surface area contributed by atoms with Gasteiger partial charge in [0, 0.05) is 37.5 Å². The molecule has 0 aliphatic carbocycles. The van der Waals surface area contributed by atoms with E-state index in [1.807, 2.05) is 23.1 Å². The summed E-state index contributed by atoms with van der Waals surface area (Å²) >= 11 is 0. The zero-order valence-corrected chi connectivity index (χ0v) is 10.6. The first-order chi connectivity index (χ1) is 8.81. The van der Waals surface area contributed by atoms with Crippen molar-refractivity contribution in [2.45, 2.75) is 38.1 Å². The number of aliphatic hydroxyl groups excluding tert-OH is 1. The van der Waals surface area contributed by atoms with Gasteiger partial charge in [-0.2, -0.15) is 0 Å². The van der Waals surface area contributed by atoms with Gasteiger partial charge < -0.3 is 10.0 Å². The van der Waals surface area contributed by atoms with Gasteiger partial charge in [-0.05, 0) is 37.8 Å². The van der Waals surface area contributed by atoms with Gasteiger partial charge in [0.05, 0.1) is 0 Å². The molecule has 0 saturated carbocycles. The molecular formula is C14H20N2O2. The summed E-state index contributed by atoms with van der Waals surface area (Å²) in [6.45, 7) is 1.00. The molecule has 1 amide bonds. The second kappa shape index (κ2) is 6.50. The van der Waals surface area contributed by atoms with Crippen molar-refractivity contribution >= 4 is 5.91 Å². The molecule has 0 aromatic carbocycles. The highest BCUT2D eigenvalue weighted by Crippen LogP contribution is 2.21. The number of carbonyl (C=O) groups is 1. The predicted molar refractivity (Wildman–Crippen MR) is 69.0 cm³/mol. The molecule has 0 bridgehead atoms. The second-order valence-electron chi connectivity index (χ2n) is 4.72. The maximum absolute atomic E-state index is 12.1. The highest BCUT2D eigenvalue weighted by atomic mass is 16.3. The van der Waals surface area contributed by atoms with Gasteiger partial charge in [-0.25, -0.2) is 0 Å². The molecule has 0 radical (unpaired) electrons. The number of pyridine rings is 1. The van der Waals surface area contributed by atoms with Gasteiger partial charge >= 0.3 is 0 Å². The van der Waals surface area contributed by atoms with Crippen molar-refractivity contribution in [3.63, 3.8) is 0 Å². The molecular weight excluding hydrogens is 228 g/mol. The van der Waals surface area contributed by atoms with Crippen molar-refractivity contribution in [1.29, 1.82) is 0 Å². The van der Waals surface area contributed by atoms with Crippen molar-refractivity contribution in [3.8, 4) is 0 Å². The number of aryl methyl sites for hydroxylation is 1. The largest absolute Gasteiger partial charge is 0.396 e. The lowest BCUT2D eigenvalue weighted by atomic mass is 10.1. The van der Waals surface area contributed by atoms with Gasteiger partial charge in [-0.3, -0.25) is 9.78 Å². The molecule has 1 aromatic rings. The molecule has 2 heterocycles. The zero-order chi connectivity index (χ0) is 12.8. The van der Waals surface area contributed by atoms with Crippen molar-refractivity contribution in [3.05, 3.63) is 30.1 Å². The summed E-state index contributed by atoms with van der Waals surface area (Å²) in [7, 11) is 0. The molecule has 0 spiro atoms. The molecule has 1 unspecified atom stereocenters. The number of hydrogen-bond donors (Lipinski definition) is 1. The summed E-state index contributed by atoms with van der Waals surface area (Å²) in [5.74, 6) is 0.191. The monoisotopic (exact) mass is 248 g/mol. The number of nitrogens with zero attached hydrogens (tertiary/aromatic N) is 2. The number of amides is 1. The van der Waals surface area contributed by atoms with Crippen LogP contribution >= 0.6 is 0 Å². The Labute approximate surface area is 108 Å². The van der Waals surface area contributed by atoms with Gasteiger partial charge in [0.1, 0.15) is 0 Å². The zero-order valence-electron chi connectivity index (χ0n) is 10.6. The van der Waals surface area contributed by atoms with Crippen LogP contribution in [-0.4, -0.2) is 40.1 Å². The van der Waals surface area contributed by atoms with E-state index in [-0.39, 0.29) is 18.6 Å². The molecule has 1 aliphatic heterocycles. The van der Waals surface area contributed by atoms with Crippen LogP contribution in [0.3, 0.4) is 0 Å². The fourth-order valence-electron chi connectivity index (χ4n) is 2.54. The first-order valence-corrected chi connectivity index (χ1v) is 6.61. The Kier molecular flexibility index (Phi) is 4.70. The van der Waals surface area contributed by atoms with Crippen LogP contribution in [0.25, 0.3) is 0 Å². The van der Waals surface area contributed by atoms with Gasteiger partial charge in [0.15, 0.2) is 0 Å². The Morgan fingerprint density at radius 3 is 3.11 bits per heavy atom. The van der Waals surface area contributed by atoms with Crippen LogP contribution in [0.4, 0.5) is 0 Å². The molecule has 1 N–H and O–H groups in total. The highest BCUT2D eigenvalue weighted by Gasteiger charge is 2.27. The van der Waals surface area contributed by atoms with E-state index >= 15 is 0 Å². The molecule has 98 valence electrons. The predicted octanol–water partition coefficient (Wildman–Crippen LogP) is 1.39. The number of carbonyl (C=O) groups excluding carboxylic acids is 1. The SMILES string of the molecule is O=C(CCc1ccccn1)N1CCCC1CCO. The average molecular weight is 248 g/mol. The topological polar surface area (TPSA) is 53.4 Å². The summed E-state index contributed by atoms with van der Waals surface area (Å²) in [6, 6.07) is 6.01. The van der Waals surface area contributed by atoms with E-state index in [1.54, 1.807) is 6.20 Å². The Morgan fingerprint density at radius 2 is 2.39 bits per heavy atom. The third-order valence-electron chi connectivity index (χ3n) is 3.48. The van der Waals surface area contributed by atoms with Gasteiger partial charge in [0.25, 0.3) is 0 Å². The van der Waals surface area contributed by atoms with Gasteiger partial charge in [0.2, 0.25) is 5.91 Å². The summed E-state index contributed by atoms with van der Waals surface area (Å²) in [5, 5.41) is 8.99. The van der Waals surface area contributed by atoms with E-state index in [0.717, 1.165) is 25.1 Å². The lowest BCUT2D eigenvalue weighted by molar-refractivity contribution is -0.132. The van der Waals surface area contributed by atoms with E-state index in [0.29, 0.717) is 19.3 Å². The molecule has 1 aromatic heterocycles. The van der Waals surface area contributed by atoms with Crippen LogP contribution in [0.5, 0.6) is 0 Å². The van der Waals surface area contributed by atoms with Gasteiger partial charge in [-0.15, -0.1) is 0 Å². The van der Waals surface area contributed by atoms with E-state index in [9.17, 15) is 4.79 Å². The Balaban J connectivity index is 1.84. The third-order valence-corrected chi connectivity index (χ3v) is 3.48. The standard InChI is InChI=1S/C14H20N2O2/c17-11-8-13-5-3-10-16(13)14(18)7-6-12-4-1-2-9-15-12/h1-2,4,9,13,17H,3,5-8,10-11H2. The quantitative estimate of drug-likeness (QED) is 0.856. The molecule has 18 heavy (non-hydrogen) atoms. The fraction of sp³-hybridized carbons (Fsp3) is 0.571. The summed E-state index contributed by atoms with van der Waals surface area (Å²) in [4.78, 5) is 18.3. The van der Waals surface area contributed by atoms with Crippen LogP contribution in [0.15, 0.2) is 24.4 Å². The molecule has 2 rings (SSSR count). The van der Waals surface area contributed by atoms with Crippen molar-refractivity contribution in [2.24, 2.45) is 0 Å². The number of aromatic nitrogens is 1. The van der Waals surface area contributed by atoms with Gasteiger partial charge in [-0.1, -0.05) is 6.07 Å². The number of hydrogen-bond acceptors (Lipinski definition) is 3. The second-order valence-corrected chi connectivity index (χ2v) is 4.72. The maximum atomic E-state index is 12.1. The van der Waals surface area contributed by atoms with Crippen LogP contribution < -0.4 is 0 Å². The van der Waals surface area contributed by atoms with E-state index in [4.69, 9.17) is 5.11 Å². The van der Waals surface area contributed by atoms with Crippen molar-refractivity contribution < 1.29 is 9.90 Å². The van der Waals surface area contributed by atoms with Crippen LogP contribution in [0.2, 0.25) is 0 Å².